The maximum absolute atomic E-state index is 15.7. The first-order chi connectivity index (χ1) is 57.8. The quantitative estimate of drug-likeness (QED) is 0.0354. The Bertz CT molecular complexity index is 5810. The van der Waals surface area contributed by atoms with Crippen molar-refractivity contribution in [2.24, 2.45) is 0 Å². The van der Waals surface area contributed by atoms with Gasteiger partial charge in [-0.25, -0.2) is 43.2 Å². The summed E-state index contributed by atoms with van der Waals surface area (Å²) in [7, 11) is 0. The van der Waals surface area contributed by atoms with Crippen LogP contribution in [0.4, 0.5) is 0 Å². The van der Waals surface area contributed by atoms with Gasteiger partial charge in [-0.2, -0.15) is 0 Å². The Balaban J connectivity index is 0.964. The summed E-state index contributed by atoms with van der Waals surface area (Å²) in [4.78, 5) is 130. The fourth-order valence-corrected chi connectivity index (χ4v) is 12.2. The molecule has 0 unspecified atom stereocenters. The molecule has 3 aliphatic rings. The van der Waals surface area contributed by atoms with Crippen molar-refractivity contribution in [1.82, 2.24) is 0 Å². The molecule has 0 aromatic heterocycles. The molecule has 0 amide bonds. The van der Waals surface area contributed by atoms with Crippen LogP contribution in [0, 0.1) is 0 Å². The van der Waals surface area contributed by atoms with Crippen molar-refractivity contribution in [3.05, 3.63) is 141 Å². The van der Waals surface area contributed by atoms with Crippen molar-refractivity contribution >= 4 is 53.7 Å². The summed E-state index contributed by atoms with van der Waals surface area (Å²) in [6.45, 7) is -3.14. The minimum absolute atomic E-state index is 0.158. The summed E-state index contributed by atoms with van der Waals surface area (Å²) in [5.74, 6) is -55.9. The van der Waals surface area contributed by atoms with Gasteiger partial charge in [0.1, 0.15) is 37.1 Å². The van der Waals surface area contributed by atoms with Gasteiger partial charge >= 0.3 is 53.7 Å². The molecule has 48 heteroatoms. The number of aliphatic hydroxyl groups excluding tert-OH is 1. The van der Waals surface area contributed by atoms with Crippen LogP contribution in [-0.2, 0) is 52.1 Å². The Morgan fingerprint density at radius 3 is 1.02 bits per heavy atom. The van der Waals surface area contributed by atoms with E-state index in [-0.39, 0.29) is 18.2 Å². The van der Waals surface area contributed by atoms with Crippen molar-refractivity contribution in [2.75, 3.05) is 13.2 Å². The molecule has 0 saturated carbocycles. The lowest BCUT2D eigenvalue weighted by Gasteiger charge is -2.43. The molecule has 123 heavy (non-hydrogen) atoms. The van der Waals surface area contributed by atoms with Gasteiger partial charge in [0.05, 0.1) is 44.5 Å². The molecule has 9 aromatic carbocycles. The molecule has 10 atom stereocenters. The van der Waals surface area contributed by atoms with E-state index >= 15 is 4.79 Å². The van der Waals surface area contributed by atoms with Gasteiger partial charge in [0.25, 0.3) is 0 Å². The van der Waals surface area contributed by atoms with E-state index in [1.54, 1.807) is 0 Å². The maximum atomic E-state index is 15.7. The predicted molar refractivity (Wildman–Crippen MR) is 381 cm³/mol. The normalized spacial score (nSPS) is 19.1. The Morgan fingerprint density at radius 2 is 0.626 bits per heavy atom. The summed E-state index contributed by atoms with van der Waals surface area (Å²) < 4.78 is 67.4. The third-order valence-corrected chi connectivity index (χ3v) is 18.3. The SMILES string of the molecule is O=C(O[C@@H]1O[C@@H]2COC(=O)c3cc(O)c(O)c(O)c3-c3c(cc(Oc4c(C(=O)OC[C@H]5O[C@@H](OC(=O)c6cc(O)c(O)c(O)c6)[C@H](OC(=O)c6cc(O)c(O)c(O)c6)[C@@H](OC(=O)c6cc(O)c(O)c(O)c6)[C@@H]5O)cc(O)c(O)c4O)c(O)c3O)C(=O)O[C@H]2[C@H](OC(=O)c2cc(O)c(O)c(O)c2)[C@H]1OC(=O)c1cc(O)c(O)c(O)c1)c1cc(O)c(O)c(O)c1. The molecule has 2 fully saturated rings. The highest BCUT2D eigenvalue weighted by molar-refractivity contribution is 6.09. The van der Waals surface area contributed by atoms with Crippen LogP contribution in [0.5, 0.6) is 161 Å². The predicted octanol–water partition coefficient (Wildman–Crippen LogP) is 2.77. The first-order valence-corrected chi connectivity index (χ1v) is 34.0. The zero-order chi connectivity index (χ0) is 90.0. The van der Waals surface area contributed by atoms with Crippen LogP contribution in [0.2, 0.25) is 0 Å². The number of phenols is 26. The monoisotopic (exact) mass is 1720 g/mol. The number of phenolic OH excluding ortho intramolecular Hbond substituents is 26. The van der Waals surface area contributed by atoms with Gasteiger partial charge in [0, 0.05) is 23.3 Å². The zero-order valence-corrected chi connectivity index (χ0v) is 60.5. The van der Waals surface area contributed by atoms with Gasteiger partial charge in [-0.15, -0.1) is 0 Å². The first-order valence-electron chi connectivity index (χ1n) is 34.0. The molecule has 0 aliphatic carbocycles. The first kappa shape index (κ1) is 85.1. The molecule has 9 aromatic rings. The lowest BCUT2D eigenvalue weighted by molar-refractivity contribution is -0.283. The number of cyclic esters (lactones) is 1. The highest BCUT2D eigenvalue weighted by Crippen LogP contribution is 2.57. The number of benzene rings is 9. The van der Waals surface area contributed by atoms with E-state index in [0.29, 0.717) is 72.8 Å². The summed E-state index contributed by atoms with van der Waals surface area (Å²) in [6, 6.07) is 5.90. The smallest absolute Gasteiger partial charge is 0.342 e. The molecule has 0 radical (unpaired) electrons. The van der Waals surface area contributed by atoms with Crippen LogP contribution >= 0.6 is 0 Å². The molecule has 0 spiro atoms. The molecule has 3 heterocycles. The zero-order valence-electron chi connectivity index (χ0n) is 60.5. The van der Waals surface area contributed by atoms with Crippen molar-refractivity contribution in [3.8, 4) is 172 Å². The third kappa shape index (κ3) is 16.2. The van der Waals surface area contributed by atoms with E-state index in [1.807, 2.05) is 0 Å². The number of aromatic hydroxyl groups is 26. The number of hydrogen-bond donors (Lipinski definition) is 27. The fraction of sp³-hybridized carbons (Fsp3) is 0.160. The minimum atomic E-state index is -2.88. The number of ether oxygens (including phenoxy) is 12. The molecule has 644 valence electrons. The average molecular weight is 1730 g/mol. The van der Waals surface area contributed by atoms with Crippen LogP contribution in [0.25, 0.3) is 11.1 Å². The van der Waals surface area contributed by atoms with E-state index in [2.05, 4.69) is 0 Å². The van der Waals surface area contributed by atoms with E-state index < -0.39 is 351 Å². The molecule has 2 saturated heterocycles. The van der Waals surface area contributed by atoms with Gasteiger partial charge in [0.2, 0.25) is 47.8 Å². The van der Waals surface area contributed by atoms with Gasteiger partial charge in [0.15, 0.2) is 156 Å². The van der Waals surface area contributed by atoms with E-state index in [4.69, 9.17) is 56.8 Å². The third-order valence-electron chi connectivity index (χ3n) is 18.3. The average Bonchev–Trinajstić information content (AvgIpc) is 1.71. The van der Waals surface area contributed by atoms with Gasteiger partial charge < -0.3 is 195 Å². The highest BCUT2D eigenvalue weighted by Gasteiger charge is 2.57. The Morgan fingerprint density at radius 1 is 0.317 bits per heavy atom. The second kappa shape index (κ2) is 32.6. The van der Waals surface area contributed by atoms with E-state index in [0.717, 1.165) is 0 Å². The number of hydrogen-bond acceptors (Lipinski definition) is 48. The number of carbonyl (C=O) groups excluding carboxylic acids is 9. The second-order valence-electron chi connectivity index (χ2n) is 26.2. The van der Waals surface area contributed by atoms with Crippen LogP contribution < -0.4 is 4.74 Å². The highest BCUT2D eigenvalue weighted by atomic mass is 16.8. The van der Waals surface area contributed by atoms with Crippen molar-refractivity contribution < 1.29 is 238 Å². The van der Waals surface area contributed by atoms with Crippen LogP contribution in [0.3, 0.4) is 0 Å². The van der Waals surface area contributed by atoms with Gasteiger partial charge in [-0.1, -0.05) is 0 Å². The lowest BCUT2D eigenvalue weighted by Crippen LogP contribution is -2.63. The molecule has 3 aliphatic heterocycles. The standard InChI is InChI=1S/C75H56O48/c76-27-1-18(2-28(77)46(27)90)65(103)118-61-55(99)42(115-74(122-69(107)22-9-35(84)50(94)36(85)10-22)63(61)120-67(105)20-5-31(80)48(92)32(81)6-20)16-112-72(110)26-14-40(89)53(97)58(102)59(26)114-41-15-25-45(57(101)54(41)98)44-24(13-39(88)52(96)56(44)100)71(109)113-17-43-60(117-73(25)111)62(119-66(104)19-3-29(78)47(91)30(79)4-19)64(121-68(106)21-7-33(82)49(93)34(83)8-21)75(116-43)123-70(108)23-11-37(86)51(95)38(87)12-23/h1-15,42-43,55,60-64,74-102H,16-17H2/t42-,43-,55-,60-,61+,62+,63-,64-,74+,75+/m1/s1. The fourth-order valence-electron chi connectivity index (χ4n) is 12.2. The summed E-state index contributed by atoms with van der Waals surface area (Å²) in [5, 5.41) is 289. The molecular weight excluding hydrogens is 1670 g/mol. The molecule has 12 rings (SSSR count). The number of carbonyl (C=O) groups is 9. The van der Waals surface area contributed by atoms with Crippen molar-refractivity contribution in [3.63, 3.8) is 0 Å². The topological polar surface area (TPSA) is 811 Å². The summed E-state index contributed by atoms with van der Waals surface area (Å²) in [5.41, 5.74) is -12.8. The van der Waals surface area contributed by atoms with Crippen molar-refractivity contribution in [2.45, 2.75) is 61.4 Å². The molecular formula is C75H56O48. The maximum Gasteiger partial charge on any atom is 0.342 e. The molecule has 48 nitrogen and oxygen atoms in total. The molecule has 0 bridgehead atoms. The number of fused-ring (bicyclic) bond motifs is 4. The number of esters is 9. The number of aliphatic hydroxyl groups is 1. The molecule has 27 N–H and O–H groups in total. The summed E-state index contributed by atoms with van der Waals surface area (Å²) in [6.07, 6.45) is -27.2. The van der Waals surface area contributed by atoms with Gasteiger partial charge in [-0.05, 0) is 78.9 Å². The largest absolute Gasteiger partial charge is 0.504 e. The Hall–Kier alpha value is -17.3. The number of rotatable bonds is 17. The minimum Gasteiger partial charge on any atom is -0.504 e. The van der Waals surface area contributed by atoms with E-state index in [1.165, 1.54) is 0 Å². The second-order valence-corrected chi connectivity index (χ2v) is 26.2. The van der Waals surface area contributed by atoms with Crippen LogP contribution in [-0.4, -0.2) is 266 Å². The van der Waals surface area contributed by atoms with Crippen molar-refractivity contribution in [1.29, 1.82) is 0 Å². The van der Waals surface area contributed by atoms with E-state index in [9.17, 15) is 176 Å². The van der Waals surface area contributed by atoms with Crippen LogP contribution in [0.1, 0.15) is 93.2 Å². The Labute approximate surface area is 677 Å². The Kier molecular flexibility index (Phi) is 22.6. The van der Waals surface area contributed by atoms with Crippen LogP contribution in [0.15, 0.2) is 91.0 Å². The van der Waals surface area contributed by atoms with Gasteiger partial charge in [-0.3, -0.25) is 0 Å². The summed E-state index contributed by atoms with van der Waals surface area (Å²) >= 11 is 0. The lowest BCUT2D eigenvalue weighted by atomic mass is 9.91.